The summed E-state index contributed by atoms with van der Waals surface area (Å²) in [5, 5.41) is 6.39. The van der Waals surface area contributed by atoms with E-state index < -0.39 is 18.0 Å². The monoisotopic (exact) mass is 406 g/mol. The molecular weight excluding hydrogens is 384 g/mol. The highest BCUT2D eigenvalue weighted by Gasteiger charge is 2.38. The summed E-state index contributed by atoms with van der Waals surface area (Å²) in [6.45, 7) is 0.247. The standard InChI is InChI=1S/C22H22N4O4/c1-30-19-9-5-4-8-17(19)24-20(27)12-18-21(28)26(22(29)25-18)11-10-14-13-23-16-7-3-2-6-15(14)16/h2-9,13,18,23H,10-12H2,1H3,(H,24,27)(H,25,29)/t18-/m0/s1. The first-order valence-electron chi connectivity index (χ1n) is 9.66. The maximum atomic E-state index is 12.7. The molecule has 3 N–H and O–H groups in total. The molecular formula is C22H22N4O4. The van der Waals surface area contributed by atoms with Gasteiger partial charge in [-0.25, -0.2) is 4.79 Å². The fourth-order valence-corrected chi connectivity index (χ4v) is 3.63. The van der Waals surface area contributed by atoms with Gasteiger partial charge in [0.2, 0.25) is 5.91 Å². The lowest BCUT2D eigenvalue weighted by atomic mass is 10.1. The number of urea groups is 1. The minimum Gasteiger partial charge on any atom is -0.495 e. The number of hydrogen-bond acceptors (Lipinski definition) is 4. The van der Waals surface area contributed by atoms with Crippen LogP contribution in [0.1, 0.15) is 12.0 Å². The summed E-state index contributed by atoms with van der Waals surface area (Å²) in [5.41, 5.74) is 2.55. The highest BCUT2D eigenvalue weighted by atomic mass is 16.5. The normalized spacial score (nSPS) is 16.0. The summed E-state index contributed by atoms with van der Waals surface area (Å²) in [5.74, 6) is -0.250. The molecule has 1 aliphatic rings. The van der Waals surface area contributed by atoms with Crippen molar-refractivity contribution in [1.29, 1.82) is 0 Å². The number of methoxy groups -OCH3 is 1. The zero-order valence-electron chi connectivity index (χ0n) is 16.5. The number of ether oxygens (including phenoxy) is 1. The summed E-state index contributed by atoms with van der Waals surface area (Å²) in [7, 11) is 1.51. The molecule has 0 aliphatic carbocycles. The number of carbonyl (C=O) groups excluding carboxylic acids is 3. The van der Waals surface area contributed by atoms with Crippen molar-refractivity contribution in [2.45, 2.75) is 18.9 Å². The predicted molar refractivity (Wildman–Crippen MR) is 112 cm³/mol. The van der Waals surface area contributed by atoms with Crippen LogP contribution < -0.4 is 15.4 Å². The second kappa shape index (κ2) is 8.28. The van der Waals surface area contributed by atoms with E-state index in [9.17, 15) is 14.4 Å². The number of nitrogens with one attached hydrogen (secondary N) is 3. The van der Waals surface area contributed by atoms with Gasteiger partial charge in [-0.15, -0.1) is 0 Å². The van der Waals surface area contributed by atoms with Gasteiger partial charge in [0.1, 0.15) is 11.8 Å². The Morgan fingerprint density at radius 3 is 2.73 bits per heavy atom. The number of nitrogens with zero attached hydrogens (tertiary/aromatic N) is 1. The Hall–Kier alpha value is -3.81. The van der Waals surface area contributed by atoms with Crippen molar-refractivity contribution < 1.29 is 19.1 Å². The maximum Gasteiger partial charge on any atom is 0.324 e. The Morgan fingerprint density at radius 1 is 1.13 bits per heavy atom. The molecule has 2 heterocycles. The zero-order valence-corrected chi connectivity index (χ0v) is 16.5. The largest absolute Gasteiger partial charge is 0.495 e. The number of para-hydroxylation sites is 3. The molecule has 0 saturated carbocycles. The van der Waals surface area contributed by atoms with E-state index in [1.165, 1.54) is 12.0 Å². The van der Waals surface area contributed by atoms with Crippen molar-refractivity contribution in [2.75, 3.05) is 19.0 Å². The highest BCUT2D eigenvalue weighted by molar-refractivity contribution is 6.07. The first-order chi connectivity index (χ1) is 14.6. The van der Waals surface area contributed by atoms with Gasteiger partial charge in [-0.2, -0.15) is 0 Å². The van der Waals surface area contributed by atoms with Crippen molar-refractivity contribution in [2.24, 2.45) is 0 Å². The molecule has 2 aromatic carbocycles. The van der Waals surface area contributed by atoms with Gasteiger partial charge in [0.05, 0.1) is 19.2 Å². The van der Waals surface area contributed by atoms with E-state index in [1.807, 2.05) is 30.5 Å². The van der Waals surface area contributed by atoms with Crippen LogP contribution in [-0.4, -0.2) is 47.4 Å². The molecule has 1 aromatic heterocycles. The molecule has 0 unspecified atom stereocenters. The maximum absolute atomic E-state index is 12.7. The molecule has 1 fully saturated rings. The summed E-state index contributed by atoms with van der Waals surface area (Å²) in [6.07, 6.45) is 2.27. The number of benzene rings is 2. The molecule has 1 saturated heterocycles. The smallest absolute Gasteiger partial charge is 0.324 e. The topological polar surface area (TPSA) is 104 Å². The Morgan fingerprint density at radius 2 is 1.90 bits per heavy atom. The van der Waals surface area contributed by atoms with Crippen LogP contribution in [-0.2, 0) is 16.0 Å². The number of imide groups is 1. The Labute approximate surface area is 173 Å². The van der Waals surface area contributed by atoms with E-state index in [0.29, 0.717) is 17.9 Å². The molecule has 30 heavy (non-hydrogen) atoms. The van der Waals surface area contributed by atoms with Crippen molar-refractivity contribution in [3.8, 4) is 5.75 Å². The number of rotatable bonds is 7. The number of amides is 4. The Kier molecular flexibility index (Phi) is 5.38. The number of anilines is 1. The van der Waals surface area contributed by atoms with Gasteiger partial charge in [-0.1, -0.05) is 30.3 Å². The van der Waals surface area contributed by atoms with Crippen molar-refractivity contribution in [1.82, 2.24) is 15.2 Å². The molecule has 8 heteroatoms. The summed E-state index contributed by atoms with van der Waals surface area (Å²) in [4.78, 5) is 41.7. The van der Waals surface area contributed by atoms with Crippen LogP contribution >= 0.6 is 0 Å². The lowest BCUT2D eigenvalue weighted by Crippen LogP contribution is -2.35. The first kappa shape index (κ1) is 19.5. The van der Waals surface area contributed by atoms with Gasteiger partial charge in [-0.05, 0) is 30.2 Å². The minimum absolute atomic E-state index is 0.147. The molecule has 1 atom stereocenters. The van der Waals surface area contributed by atoms with Crippen LogP contribution in [0.3, 0.4) is 0 Å². The zero-order chi connectivity index (χ0) is 21.1. The summed E-state index contributed by atoms with van der Waals surface area (Å²) in [6, 6.07) is 13.5. The van der Waals surface area contributed by atoms with Crippen LogP contribution in [0.5, 0.6) is 5.75 Å². The molecule has 3 aromatic rings. The third kappa shape index (κ3) is 3.84. The van der Waals surface area contributed by atoms with Crippen molar-refractivity contribution in [3.63, 3.8) is 0 Å². The predicted octanol–water partition coefficient (Wildman–Crippen LogP) is 2.67. The first-order valence-corrected chi connectivity index (χ1v) is 9.66. The highest BCUT2D eigenvalue weighted by Crippen LogP contribution is 2.24. The van der Waals surface area contributed by atoms with Crippen LogP contribution in [0.4, 0.5) is 10.5 Å². The van der Waals surface area contributed by atoms with Crippen molar-refractivity contribution >= 4 is 34.4 Å². The molecule has 1 aliphatic heterocycles. The van der Waals surface area contributed by atoms with E-state index in [1.54, 1.807) is 24.3 Å². The molecule has 0 radical (unpaired) electrons. The van der Waals surface area contributed by atoms with E-state index in [-0.39, 0.29) is 18.9 Å². The molecule has 0 bridgehead atoms. The second-order valence-electron chi connectivity index (χ2n) is 7.05. The van der Waals surface area contributed by atoms with Crippen LogP contribution in [0.25, 0.3) is 10.9 Å². The second-order valence-corrected chi connectivity index (χ2v) is 7.05. The van der Waals surface area contributed by atoms with Crippen LogP contribution in [0, 0.1) is 0 Å². The number of H-pyrrole nitrogens is 1. The fraction of sp³-hybridized carbons (Fsp3) is 0.227. The van der Waals surface area contributed by atoms with Gasteiger partial charge < -0.3 is 20.4 Å². The average molecular weight is 406 g/mol. The summed E-state index contributed by atoms with van der Waals surface area (Å²) >= 11 is 0. The molecule has 4 amide bonds. The van der Waals surface area contributed by atoms with Gasteiger partial charge in [0.25, 0.3) is 5.91 Å². The van der Waals surface area contributed by atoms with E-state index >= 15 is 0 Å². The van der Waals surface area contributed by atoms with Crippen molar-refractivity contribution in [3.05, 3.63) is 60.3 Å². The number of fused-ring (bicyclic) bond motifs is 1. The Balaban J connectivity index is 1.37. The molecule has 4 rings (SSSR count). The number of carbonyl (C=O) groups is 3. The number of hydrogen-bond donors (Lipinski definition) is 3. The van der Waals surface area contributed by atoms with Gasteiger partial charge >= 0.3 is 6.03 Å². The van der Waals surface area contributed by atoms with Crippen LogP contribution in [0.2, 0.25) is 0 Å². The van der Waals surface area contributed by atoms with E-state index in [4.69, 9.17) is 4.74 Å². The lowest BCUT2D eigenvalue weighted by Gasteiger charge is -2.13. The Bertz CT molecular complexity index is 1110. The summed E-state index contributed by atoms with van der Waals surface area (Å²) < 4.78 is 5.21. The fourth-order valence-electron chi connectivity index (χ4n) is 3.63. The third-order valence-electron chi connectivity index (χ3n) is 5.16. The number of aromatic amines is 1. The van der Waals surface area contributed by atoms with E-state index in [0.717, 1.165) is 16.5 Å². The number of aromatic nitrogens is 1. The average Bonchev–Trinajstić information content (AvgIpc) is 3.27. The third-order valence-corrected chi connectivity index (χ3v) is 5.16. The molecule has 0 spiro atoms. The van der Waals surface area contributed by atoms with Crippen LogP contribution in [0.15, 0.2) is 54.7 Å². The molecule has 154 valence electrons. The van der Waals surface area contributed by atoms with Gasteiger partial charge in [0, 0.05) is 23.6 Å². The van der Waals surface area contributed by atoms with E-state index in [2.05, 4.69) is 15.6 Å². The minimum atomic E-state index is -0.879. The molecule has 8 nitrogen and oxygen atoms in total. The SMILES string of the molecule is COc1ccccc1NC(=O)C[C@@H]1NC(=O)N(CCc2c[nH]c3ccccc23)C1=O. The quantitative estimate of drug-likeness (QED) is 0.525. The van der Waals surface area contributed by atoms with Gasteiger partial charge in [-0.3, -0.25) is 14.5 Å². The van der Waals surface area contributed by atoms with Gasteiger partial charge in [0.15, 0.2) is 0 Å². The lowest BCUT2D eigenvalue weighted by molar-refractivity contribution is -0.129.